The van der Waals surface area contributed by atoms with E-state index in [0.717, 1.165) is 17.1 Å². The highest BCUT2D eigenvalue weighted by Crippen LogP contribution is 2.25. The highest BCUT2D eigenvalue weighted by molar-refractivity contribution is 7.89. The van der Waals surface area contributed by atoms with E-state index in [1.54, 1.807) is 41.0 Å². The SMILES string of the molecule is C=C(NC(Cc1ccc(OC(=O)N2CCCC2)cc1)C(=O)O)/C(=C\N=C(/N)N(CC)CC)N(CC)S(=O)(=O)c1ccc(Cl)cc1. The molecule has 0 radical (unpaired) electrons. The van der Waals surface area contributed by atoms with E-state index in [1.165, 1.54) is 30.5 Å². The zero-order valence-electron chi connectivity index (χ0n) is 25.8. The Morgan fingerprint density at radius 2 is 1.69 bits per heavy atom. The number of rotatable bonds is 14. The van der Waals surface area contributed by atoms with E-state index in [4.69, 9.17) is 22.1 Å². The molecule has 2 aromatic carbocycles. The van der Waals surface area contributed by atoms with Crippen molar-refractivity contribution in [3.8, 4) is 5.75 Å². The Labute approximate surface area is 269 Å². The summed E-state index contributed by atoms with van der Waals surface area (Å²) in [5, 5.41) is 13.3. The summed E-state index contributed by atoms with van der Waals surface area (Å²) in [4.78, 5) is 32.4. The Hall–Kier alpha value is -4.23. The number of hydrogen-bond donors (Lipinski definition) is 3. The largest absolute Gasteiger partial charge is 0.480 e. The number of hydrogen-bond acceptors (Lipinski definition) is 7. The first kappa shape index (κ1) is 35.3. The first-order valence-corrected chi connectivity index (χ1v) is 16.5. The highest BCUT2D eigenvalue weighted by atomic mass is 35.5. The number of halogens is 1. The second-order valence-electron chi connectivity index (χ2n) is 10.2. The molecule has 1 heterocycles. The summed E-state index contributed by atoms with van der Waals surface area (Å²) < 4.78 is 34.0. The number of amides is 1. The van der Waals surface area contributed by atoms with Gasteiger partial charge in [0.05, 0.1) is 22.5 Å². The number of carboxylic acids is 1. The maximum atomic E-state index is 13.7. The van der Waals surface area contributed by atoms with Gasteiger partial charge in [0.1, 0.15) is 11.8 Å². The summed E-state index contributed by atoms with van der Waals surface area (Å²) >= 11 is 5.98. The van der Waals surface area contributed by atoms with Gasteiger partial charge in [0.15, 0.2) is 5.96 Å². The van der Waals surface area contributed by atoms with E-state index in [-0.39, 0.29) is 35.2 Å². The van der Waals surface area contributed by atoms with E-state index in [9.17, 15) is 23.1 Å². The number of guanidine groups is 1. The lowest BCUT2D eigenvalue weighted by atomic mass is 10.1. The monoisotopic (exact) mass is 660 g/mol. The molecular weight excluding hydrogens is 620 g/mol. The molecule has 0 aromatic heterocycles. The van der Waals surface area contributed by atoms with E-state index in [2.05, 4.69) is 16.9 Å². The molecule has 1 fully saturated rings. The lowest BCUT2D eigenvalue weighted by molar-refractivity contribution is -0.139. The third-order valence-corrected chi connectivity index (χ3v) is 9.41. The number of nitrogens with zero attached hydrogens (tertiary/aromatic N) is 4. The zero-order valence-corrected chi connectivity index (χ0v) is 27.4. The van der Waals surface area contributed by atoms with Crippen LogP contribution in [0.4, 0.5) is 4.79 Å². The summed E-state index contributed by atoms with van der Waals surface area (Å²) in [6.07, 6.45) is 2.75. The van der Waals surface area contributed by atoms with Crippen LogP contribution >= 0.6 is 11.6 Å². The predicted octanol–water partition coefficient (Wildman–Crippen LogP) is 4.24. The molecule has 2 aromatic rings. The van der Waals surface area contributed by atoms with Crippen LogP contribution < -0.4 is 15.8 Å². The average Bonchev–Trinajstić information content (AvgIpc) is 3.56. The molecule has 14 heteroatoms. The summed E-state index contributed by atoms with van der Waals surface area (Å²) in [6, 6.07) is 11.0. The number of nitrogens with two attached hydrogens (primary N) is 1. The lowest BCUT2D eigenvalue weighted by Crippen LogP contribution is -2.41. The van der Waals surface area contributed by atoms with Crippen LogP contribution in [0.1, 0.15) is 39.2 Å². The Morgan fingerprint density at radius 1 is 1.09 bits per heavy atom. The van der Waals surface area contributed by atoms with Gasteiger partial charge in [-0.05, 0) is 75.6 Å². The minimum Gasteiger partial charge on any atom is -0.480 e. The van der Waals surface area contributed by atoms with Gasteiger partial charge in [0.2, 0.25) is 0 Å². The van der Waals surface area contributed by atoms with Gasteiger partial charge < -0.3 is 30.7 Å². The van der Waals surface area contributed by atoms with Gasteiger partial charge in [-0.15, -0.1) is 0 Å². The topological polar surface area (TPSA) is 158 Å². The standard InChI is InChI=1S/C31H41ClN6O6S/c1-5-36(6-2)30(33)34-21-28(38(7-3)45(42,43)26-16-12-24(32)13-17-26)22(4)35-27(29(39)40)20-23-10-14-25(15-11-23)44-31(41)37-18-8-9-19-37/h10-17,21,27,35H,4-9,18-20H2,1-3H3,(H2,33,34)(H,39,40)/b28-21+. The molecule has 1 amide bonds. The Balaban J connectivity index is 1.88. The summed E-state index contributed by atoms with van der Waals surface area (Å²) in [5.41, 5.74) is 6.82. The molecule has 1 aliphatic rings. The Morgan fingerprint density at radius 3 is 2.22 bits per heavy atom. The molecule has 1 saturated heterocycles. The molecule has 45 heavy (non-hydrogen) atoms. The van der Waals surface area contributed by atoms with Crippen LogP contribution in [0.15, 0.2) is 82.6 Å². The first-order chi connectivity index (χ1) is 21.4. The van der Waals surface area contributed by atoms with Crippen molar-refractivity contribution in [2.45, 2.75) is 51.0 Å². The lowest BCUT2D eigenvalue weighted by Gasteiger charge is -2.28. The minimum absolute atomic E-state index is 0.00838. The quantitative estimate of drug-likeness (QED) is 0.153. The number of nitrogens with one attached hydrogen (secondary N) is 1. The number of carboxylic acid groups (broad SMARTS) is 1. The predicted molar refractivity (Wildman–Crippen MR) is 174 cm³/mol. The first-order valence-electron chi connectivity index (χ1n) is 14.7. The molecule has 244 valence electrons. The van der Waals surface area contributed by atoms with Gasteiger partial charge >= 0.3 is 12.1 Å². The van der Waals surface area contributed by atoms with E-state index in [0.29, 0.717) is 42.5 Å². The number of sulfonamides is 1. The zero-order chi connectivity index (χ0) is 33.1. The van der Waals surface area contributed by atoms with Crippen LogP contribution in [0.5, 0.6) is 5.75 Å². The van der Waals surface area contributed by atoms with E-state index in [1.807, 2.05) is 13.8 Å². The van der Waals surface area contributed by atoms with Crippen LogP contribution in [-0.2, 0) is 21.2 Å². The normalized spacial score (nSPS) is 14.5. The van der Waals surface area contributed by atoms with Gasteiger partial charge in [-0.2, -0.15) is 0 Å². The second-order valence-corrected chi connectivity index (χ2v) is 12.5. The third-order valence-electron chi connectivity index (χ3n) is 7.25. The number of aliphatic imine (C=N–C) groups is 1. The number of aliphatic carboxylic acids is 1. The number of carbonyl (C=O) groups is 2. The molecule has 1 unspecified atom stereocenters. The van der Waals surface area contributed by atoms with Gasteiger partial charge in [-0.25, -0.2) is 23.0 Å². The van der Waals surface area contributed by atoms with Gasteiger partial charge in [-0.1, -0.05) is 30.3 Å². The smallest absolute Gasteiger partial charge is 0.415 e. The van der Waals surface area contributed by atoms with Crippen molar-refractivity contribution in [3.05, 3.63) is 83.3 Å². The molecule has 12 nitrogen and oxygen atoms in total. The van der Waals surface area contributed by atoms with Crippen LogP contribution in [0.2, 0.25) is 5.02 Å². The van der Waals surface area contributed by atoms with E-state index < -0.39 is 28.1 Å². The van der Waals surface area contributed by atoms with Crippen LogP contribution in [0, 0.1) is 0 Å². The molecule has 0 aliphatic carbocycles. The van der Waals surface area contributed by atoms with Crippen LogP contribution in [0.3, 0.4) is 0 Å². The molecule has 4 N–H and O–H groups in total. The fourth-order valence-electron chi connectivity index (χ4n) is 4.73. The van der Waals surface area contributed by atoms with Crippen molar-refractivity contribution in [1.82, 2.24) is 19.4 Å². The number of likely N-dealkylation sites (N-methyl/N-ethyl adjacent to an activating group) is 1. The summed E-state index contributed by atoms with van der Waals surface area (Å²) in [6.45, 7) is 11.9. The molecule has 0 bridgehead atoms. The van der Waals surface area contributed by atoms with Crippen molar-refractivity contribution in [3.63, 3.8) is 0 Å². The summed E-state index contributed by atoms with van der Waals surface area (Å²) in [5.74, 6) is -0.680. The van der Waals surface area contributed by atoms with Crippen LogP contribution in [-0.4, -0.2) is 84.4 Å². The van der Waals surface area contributed by atoms with Gasteiger partial charge in [-0.3, -0.25) is 4.31 Å². The number of benzene rings is 2. The highest BCUT2D eigenvalue weighted by Gasteiger charge is 2.29. The van der Waals surface area contributed by atoms with Crippen molar-refractivity contribution in [2.24, 2.45) is 10.7 Å². The Kier molecular flexibility index (Phi) is 12.7. The number of ether oxygens (including phenoxy) is 1. The summed E-state index contributed by atoms with van der Waals surface area (Å²) in [7, 11) is -4.14. The van der Waals surface area contributed by atoms with Crippen molar-refractivity contribution in [2.75, 3.05) is 32.7 Å². The molecule has 0 saturated carbocycles. The molecule has 3 rings (SSSR count). The van der Waals surface area contributed by atoms with Gasteiger partial charge in [0.25, 0.3) is 10.0 Å². The maximum absolute atomic E-state index is 13.7. The minimum atomic E-state index is -4.14. The fraction of sp³-hybridized carbons (Fsp3) is 0.387. The van der Waals surface area contributed by atoms with Crippen molar-refractivity contribution < 1.29 is 27.9 Å². The number of likely N-dealkylation sites (tertiary alicyclic amines) is 1. The third kappa shape index (κ3) is 9.38. The van der Waals surface area contributed by atoms with Gasteiger partial charge in [0, 0.05) is 44.2 Å². The molecule has 1 aliphatic heterocycles. The van der Waals surface area contributed by atoms with E-state index >= 15 is 0 Å². The van der Waals surface area contributed by atoms with Crippen molar-refractivity contribution in [1.29, 1.82) is 0 Å². The van der Waals surface area contributed by atoms with Crippen LogP contribution in [0.25, 0.3) is 0 Å². The molecule has 0 spiro atoms. The fourth-order valence-corrected chi connectivity index (χ4v) is 6.35. The maximum Gasteiger partial charge on any atom is 0.415 e. The molecular formula is C31H41ClN6O6S. The second kappa shape index (κ2) is 16.2. The number of carbonyl (C=O) groups excluding carboxylic acids is 1. The average molecular weight is 661 g/mol. The Bertz CT molecular complexity index is 1500. The molecule has 1 atom stereocenters. The van der Waals surface area contributed by atoms with Crippen molar-refractivity contribution >= 4 is 39.6 Å².